The van der Waals surface area contributed by atoms with Gasteiger partial charge in [0.25, 0.3) is 5.91 Å². The van der Waals surface area contributed by atoms with E-state index in [0.717, 1.165) is 36.8 Å². The highest BCUT2D eigenvalue weighted by Crippen LogP contribution is 2.25. The van der Waals surface area contributed by atoms with Crippen LogP contribution in [-0.4, -0.2) is 24.3 Å². The molecule has 0 fully saturated rings. The summed E-state index contributed by atoms with van der Waals surface area (Å²) in [5.41, 5.74) is 1.83. The first-order valence-electron chi connectivity index (χ1n) is 7.72. The van der Waals surface area contributed by atoms with Crippen LogP contribution in [0.25, 0.3) is 0 Å². The van der Waals surface area contributed by atoms with Crippen LogP contribution in [0.3, 0.4) is 0 Å². The molecule has 0 spiro atoms. The fraction of sp³-hybridized carbons (Fsp3) is 0.529. The summed E-state index contributed by atoms with van der Waals surface area (Å²) in [6, 6.07) is 5.48. The van der Waals surface area contributed by atoms with E-state index in [1.807, 2.05) is 12.1 Å². The fourth-order valence-electron chi connectivity index (χ4n) is 2.49. The minimum Gasteiger partial charge on any atom is -0.481 e. The molecule has 4 nitrogen and oxygen atoms in total. The van der Waals surface area contributed by atoms with Gasteiger partial charge in [0.15, 0.2) is 11.9 Å². The third-order valence-corrected chi connectivity index (χ3v) is 3.74. The van der Waals surface area contributed by atoms with Crippen LogP contribution in [0.5, 0.6) is 5.75 Å². The van der Waals surface area contributed by atoms with Crippen LogP contribution in [-0.2, 0) is 11.2 Å². The van der Waals surface area contributed by atoms with Crippen LogP contribution in [0, 0.1) is 0 Å². The number of amides is 1. The maximum Gasteiger partial charge on any atom is 0.260 e. The molecule has 4 heteroatoms. The fourth-order valence-corrected chi connectivity index (χ4v) is 2.49. The van der Waals surface area contributed by atoms with Crippen molar-refractivity contribution in [1.29, 1.82) is 0 Å². The van der Waals surface area contributed by atoms with Crippen molar-refractivity contribution in [2.45, 2.75) is 52.1 Å². The number of aryl methyl sites for hydroxylation is 1. The number of Topliss-reactive ketones (excluding diaryl/α,β-unsaturated/α-hetero) is 1. The van der Waals surface area contributed by atoms with Crippen molar-refractivity contribution in [3.63, 3.8) is 0 Å². The van der Waals surface area contributed by atoms with Gasteiger partial charge in [-0.2, -0.15) is 0 Å². The van der Waals surface area contributed by atoms with Gasteiger partial charge in [0.1, 0.15) is 5.75 Å². The highest BCUT2D eigenvalue weighted by atomic mass is 16.5. The molecule has 1 unspecified atom stereocenters. The molecule has 0 bridgehead atoms. The van der Waals surface area contributed by atoms with Crippen molar-refractivity contribution in [2.75, 3.05) is 6.54 Å². The molecule has 1 amide bonds. The van der Waals surface area contributed by atoms with E-state index in [1.165, 1.54) is 0 Å². The van der Waals surface area contributed by atoms with E-state index in [4.69, 9.17) is 4.74 Å². The normalized spacial score (nSPS) is 15.2. The summed E-state index contributed by atoms with van der Waals surface area (Å²) in [4.78, 5) is 23.6. The molecular weight excluding hydrogens is 266 g/mol. The van der Waals surface area contributed by atoms with Crippen molar-refractivity contribution in [2.24, 2.45) is 0 Å². The Hall–Kier alpha value is -1.84. The first kappa shape index (κ1) is 15.5. The summed E-state index contributed by atoms with van der Waals surface area (Å²) < 4.78 is 5.68. The third-order valence-electron chi connectivity index (χ3n) is 3.74. The Labute approximate surface area is 125 Å². The summed E-state index contributed by atoms with van der Waals surface area (Å²) in [6.45, 7) is 4.51. The predicted octanol–water partition coefficient (Wildman–Crippen LogP) is 2.89. The standard InChI is InChI=1S/C17H23NO3/c1-3-4-10-18-17(20)12(2)21-14-8-9-15-13(11-14)6-5-7-16(15)19/h8-9,11-12H,3-7,10H2,1-2H3,(H,18,20). The molecule has 114 valence electrons. The van der Waals surface area contributed by atoms with Crippen LogP contribution < -0.4 is 10.1 Å². The molecule has 1 atom stereocenters. The zero-order chi connectivity index (χ0) is 15.2. The number of hydrogen-bond donors (Lipinski definition) is 1. The van der Waals surface area contributed by atoms with Gasteiger partial charge in [-0.1, -0.05) is 13.3 Å². The summed E-state index contributed by atoms with van der Waals surface area (Å²) >= 11 is 0. The maximum atomic E-state index is 11.9. The molecule has 0 aromatic heterocycles. The second-order valence-corrected chi connectivity index (χ2v) is 5.50. The van der Waals surface area contributed by atoms with E-state index in [0.29, 0.717) is 18.7 Å². The van der Waals surface area contributed by atoms with E-state index in [2.05, 4.69) is 12.2 Å². The van der Waals surface area contributed by atoms with Gasteiger partial charge >= 0.3 is 0 Å². The topological polar surface area (TPSA) is 55.4 Å². The minimum absolute atomic E-state index is 0.0998. The Morgan fingerprint density at radius 1 is 1.38 bits per heavy atom. The molecule has 0 saturated carbocycles. The number of ether oxygens (including phenoxy) is 1. The monoisotopic (exact) mass is 289 g/mol. The smallest absolute Gasteiger partial charge is 0.260 e. The first-order valence-corrected chi connectivity index (χ1v) is 7.72. The second-order valence-electron chi connectivity index (χ2n) is 5.50. The molecule has 0 radical (unpaired) electrons. The number of carbonyl (C=O) groups excluding carboxylic acids is 2. The summed E-state index contributed by atoms with van der Waals surface area (Å²) in [6.07, 6.45) is 3.91. The summed E-state index contributed by atoms with van der Waals surface area (Å²) in [5.74, 6) is 0.756. The van der Waals surface area contributed by atoms with E-state index >= 15 is 0 Å². The number of benzene rings is 1. The van der Waals surface area contributed by atoms with Crippen LogP contribution >= 0.6 is 0 Å². The van der Waals surface area contributed by atoms with Gasteiger partial charge in [-0.05, 0) is 49.9 Å². The largest absolute Gasteiger partial charge is 0.481 e. The highest BCUT2D eigenvalue weighted by Gasteiger charge is 2.19. The molecule has 1 aliphatic carbocycles. The van der Waals surface area contributed by atoms with Crippen molar-refractivity contribution in [1.82, 2.24) is 5.32 Å². The summed E-state index contributed by atoms with van der Waals surface area (Å²) in [5, 5.41) is 2.85. The van der Waals surface area contributed by atoms with Gasteiger partial charge in [-0.15, -0.1) is 0 Å². The van der Waals surface area contributed by atoms with Gasteiger partial charge in [0, 0.05) is 18.5 Å². The lowest BCUT2D eigenvalue weighted by molar-refractivity contribution is -0.127. The van der Waals surface area contributed by atoms with Gasteiger partial charge in [0.2, 0.25) is 0 Å². The van der Waals surface area contributed by atoms with Crippen molar-refractivity contribution >= 4 is 11.7 Å². The average Bonchev–Trinajstić information content (AvgIpc) is 2.47. The number of ketones is 1. The van der Waals surface area contributed by atoms with Gasteiger partial charge in [0.05, 0.1) is 0 Å². The van der Waals surface area contributed by atoms with Crippen LogP contribution in [0.15, 0.2) is 18.2 Å². The highest BCUT2D eigenvalue weighted by molar-refractivity contribution is 5.98. The van der Waals surface area contributed by atoms with E-state index in [9.17, 15) is 9.59 Å². The molecule has 1 aromatic rings. The lowest BCUT2D eigenvalue weighted by Crippen LogP contribution is -2.36. The minimum atomic E-state index is -0.529. The molecule has 0 heterocycles. The first-order chi connectivity index (χ1) is 10.1. The van der Waals surface area contributed by atoms with Crippen LogP contribution in [0.1, 0.15) is 55.5 Å². The van der Waals surface area contributed by atoms with E-state index in [-0.39, 0.29) is 11.7 Å². The number of unbranched alkanes of at least 4 members (excludes halogenated alkanes) is 1. The summed E-state index contributed by atoms with van der Waals surface area (Å²) in [7, 11) is 0. The van der Waals surface area contributed by atoms with Gasteiger partial charge < -0.3 is 10.1 Å². The third kappa shape index (κ3) is 4.06. The molecule has 1 N–H and O–H groups in total. The number of hydrogen-bond acceptors (Lipinski definition) is 3. The SMILES string of the molecule is CCCCNC(=O)C(C)Oc1ccc2c(c1)CCCC2=O. The van der Waals surface area contributed by atoms with Crippen LogP contribution in [0.4, 0.5) is 0 Å². The van der Waals surface area contributed by atoms with Crippen LogP contribution in [0.2, 0.25) is 0 Å². The van der Waals surface area contributed by atoms with Gasteiger partial charge in [-0.25, -0.2) is 0 Å². The second kappa shape index (κ2) is 7.25. The lowest BCUT2D eigenvalue weighted by Gasteiger charge is -2.18. The number of nitrogens with one attached hydrogen (secondary N) is 1. The van der Waals surface area contributed by atoms with E-state index in [1.54, 1.807) is 13.0 Å². The number of rotatable bonds is 6. The molecule has 1 aliphatic rings. The Morgan fingerprint density at radius 3 is 2.95 bits per heavy atom. The zero-order valence-electron chi connectivity index (χ0n) is 12.8. The van der Waals surface area contributed by atoms with Crippen molar-refractivity contribution in [3.05, 3.63) is 29.3 Å². The van der Waals surface area contributed by atoms with E-state index < -0.39 is 6.10 Å². The van der Waals surface area contributed by atoms with Crippen molar-refractivity contribution in [3.8, 4) is 5.75 Å². The lowest BCUT2D eigenvalue weighted by atomic mass is 9.90. The molecule has 21 heavy (non-hydrogen) atoms. The predicted molar refractivity (Wildman–Crippen MR) is 81.7 cm³/mol. The Balaban J connectivity index is 1.96. The Kier molecular flexibility index (Phi) is 5.37. The Morgan fingerprint density at radius 2 is 2.19 bits per heavy atom. The molecule has 2 rings (SSSR count). The molecular formula is C17H23NO3. The molecule has 1 aromatic carbocycles. The zero-order valence-corrected chi connectivity index (χ0v) is 12.8. The number of fused-ring (bicyclic) bond motifs is 1. The Bertz CT molecular complexity index is 525. The molecule has 0 aliphatic heterocycles. The van der Waals surface area contributed by atoms with Crippen molar-refractivity contribution < 1.29 is 14.3 Å². The molecule has 0 saturated heterocycles. The number of carbonyl (C=O) groups is 2. The maximum absolute atomic E-state index is 11.9. The van der Waals surface area contributed by atoms with Gasteiger partial charge in [-0.3, -0.25) is 9.59 Å². The average molecular weight is 289 g/mol. The quantitative estimate of drug-likeness (QED) is 0.819.